The maximum atomic E-state index is 12.2. The van der Waals surface area contributed by atoms with Crippen LogP contribution in [0.15, 0.2) is 24.4 Å². The van der Waals surface area contributed by atoms with Crippen LogP contribution in [0.25, 0.3) is 0 Å². The maximum absolute atomic E-state index is 12.2. The van der Waals surface area contributed by atoms with E-state index < -0.39 is 6.04 Å². The maximum Gasteiger partial charge on any atom is 0.238 e. The highest BCUT2D eigenvalue weighted by atomic mass is 16.2. The monoisotopic (exact) mass is 268 g/mol. The molecule has 102 valence electrons. The van der Waals surface area contributed by atoms with Crippen molar-refractivity contribution >= 4 is 5.91 Å². The van der Waals surface area contributed by atoms with Crippen LogP contribution in [0.5, 0.6) is 0 Å². The van der Waals surface area contributed by atoms with Crippen molar-refractivity contribution in [3.8, 4) is 18.4 Å². The van der Waals surface area contributed by atoms with Crippen LogP contribution in [-0.4, -0.2) is 34.4 Å². The smallest absolute Gasteiger partial charge is 0.238 e. The number of nitrogens with zero attached hydrogens (tertiary/aromatic N) is 3. The molecule has 2 atom stereocenters. The first kappa shape index (κ1) is 14.0. The summed E-state index contributed by atoms with van der Waals surface area (Å²) in [6.45, 7) is 0.672. The van der Waals surface area contributed by atoms with Crippen molar-refractivity contribution in [1.29, 1.82) is 5.26 Å². The van der Waals surface area contributed by atoms with Gasteiger partial charge >= 0.3 is 0 Å². The summed E-state index contributed by atoms with van der Waals surface area (Å²) in [6.07, 6.45) is 8.47. The lowest BCUT2D eigenvalue weighted by atomic mass is 10.2. The van der Waals surface area contributed by atoms with Gasteiger partial charge in [-0.3, -0.25) is 9.78 Å². The topological polar surface area (TPSA) is 69.0 Å². The van der Waals surface area contributed by atoms with Gasteiger partial charge in [-0.25, -0.2) is 0 Å². The van der Waals surface area contributed by atoms with Gasteiger partial charge in [0.2, 0.25) is 5.91 Å². The Labute approximate surface area is 118 Å². The van der Waals surface area contributed by atoms with Crippen molar-refractivity contribution < 1.29 is 4.79 Å². The minimum Gasteiger partial charge on any atom is -0.312 e. The van der Waals surface area contributed by atoms with E-state index in [0.717, 1.165) is 5.69 Å². The number of likely N-dealkylation sites (tertiary alicyclic amines) is 1. The van der Waals surface area contributed by atoms with Crippen LogP contribution >= 0.6 is 0 Å². The number of rotatable bonds is 4. The molecule has 0 aliphatic carbocycles. The molecule has 20 heavy (non-hydrogen) atoms. The number of hydrogen-bond donors (Lipinski definition) is 1. The zero-order valence-corrected chi connectivity index (χ0v) is 11.1. The van der Waals surface area contributed by atoms with Crippen molar-refractivity contribution in [2.24, 2.45) is 0 Å². The molecular formula is C15H16N4O. The van der Waals surface area contributed by atoms with Crippen LogP contribution in [0.3, 0.4) is 0 Å². The fourth-order valence-corrected chi connectivity index (χ4v) is 2.34. The largest absolute Gasteiger partial charge is 0.312 e. The Kier molecular flexibility index (Phi) is 4.70. The lowest BCUT2D eigenvalue weighted by Gasteiger charge is -2.24. The fourth-order valence-electron chi connectivity index (χ4n) is 2.34. The van der Waals surface area contributed by atoms with E-state index in [4.69, 9.17) is 11.7 Å². The van der Waals surface area contributed by atoms with Gasteiger partial charge in [-0.2, -0.15) is 5.26 Å². The van der Waals surface area contributed by atoms with Gasteiger partial charge in [0.15, 0.2) is 0 Å². The predicted octanol–water partition coefficient (Wildman–Crippen LogP) is 0.688. The van der Waals surface area contributed by atoms with Gasteiger partial charge in [-0.05, 0) is 25.0 Å². The third kappa shape index (κ3) is 3.14. The zero-order chi connectivity index (χ0) is 14.4. The highest BCUT2D eigenvalue weighted by molar-refractivity contribution is 5.80. The summed E-state index contributed by atoms with van der Waals surface area (Å²) in [4.78, 5) is 17.9. The summed E-state index contributed by atoms with van der Waals surface area (Å²) in [5.41, 5.74) is 0.868. The molecule has 0 aromatic carbocycles. The standard InChI is InChI=1S/C15H16N4O/c1-2-13-6-7-14(9-16)19(13)15(20)11-17-10-12-5-3-4-8-18-12/h1,3-5,8,13-14,17H,6-7,10-11H2/t13-,14-/m0/s1. The molecular weight excluding hydrogens is 252 g/mol. The first-order valence-corrected chi connectivity index (χ1v) is 6.53. The summed E-state index contributed by atoms with van der Waals surface area (Å²) < 4.78 is 0. The Bertz CT molecular complexity index is 521. The number of amides is 1. The molecule has 0 radical (unpaired) electrons. The van der Waals surface area contributed by atoms with Gasteiger partial charge < -0.3 is 10.2 Å². The summed E-state index contributed by atoms with van der Waals surface area (Å²) in [6, 6.07) is 7.09. The van der Waals surface area contributed by atoms with Crippen molar-refractivity contribution in [3.63, 3.8) is 0 Å². The van der Waals surface area contributed by atoms with Crippen LogP contribution < -0.4 is 5.32 Å². The normalized spacial score (nSPS) is 21.2. The van der Waals surface area contributed by atoms with E-state index in [0.29, 0.717) is 19.4 Å². The fraction of sp³-hybridized carbons (Fsp3) is 0.400. The molecule has 1 N–H and O–H groups in total. The molecule has 0 bridgehead atoms. The van der Waals surface area contributed by atoms with E-state index in [9.17, 15) is 4.79 Å². The van der Waals surface area contributed by atoms with Gasteiger partial charge in [0, 0.05) is 12.7 Å². The summed E-state index contributed by atoms with van der Waals surface area (Å²) in [5.74, 6) is 2.45. The number of hydrogen-bond acceptors (Lipinski definition) is 4. The third-order valence-electron chi connectivity index (χ3n) is 3.32. The number of carbonyl (C=O) groups is 1. The Balaban J connectivity index is 1.88. The summed E-state index contributed by atoms with van der Waals surface area (Å²) >= 11 is 0. The Hall–Kier alpha value is -2.37. The second kappa shape index (κ2) is 6.70. The van der Waals surface area contributed by atoms with Crippen molar-refractivity contribution in [1.82, 2.24) is 15.2 Å². The average molecular weight is 268 g/mol. The molecule has 0 unspecified atom stereocenters. The number of nitriles is 1. The molecule has 1 fully saturated rings. The van der Waals surface area contributed by atoms with E-state index in [2.05, 4.69) is 22.3 Å². The molecule has 1 aliphatic rings. The molecule has 0 saturated carbocycles. The molecule has 2 heterocycles. The first-order valence-electron chi connectivity index (χ1n) is 6.53. The lowest BCUT2D eigenvalue weighted by molar-refractivity contribution is -0.131. The highest BCUT2D eigenvalue weighted by Crippen LogP contribution is 2.23. The van der Waals surface area contributed by atoms with Gasteiger partial charge in [0.1, 0.15) is 6.04 Å². The number of aromatic nitrogens is 1. The van der Waals surface area contributed by atoms with Gasteiger partial charge in [-0.1, -0.05) is 12.0 Å². The lowest BCUT2D eigenvalue weighted by Crippen LogP contribution is -2.44. The van der Waals surface area contributed by atoms with Crippen LogP contribution in [0.4, 0.5) is 0 Å². The molecule has 0 spiro atoms. The minimum atomic E-state index is -0.403. The van der Waals surface area contributed by atoms with Gasteiger partial charge in [0.25, 0.3) is 0 Å². The highest BCUT2D eigenvalue weighted by Gasteiger charge is 2.35. The van der Waals surface area contributed by atoms with Crippen LogP contribution in [0, 0.1) is 23.7 Å². The predicted molar refractivity (Wildman–Crippen MR) is 74.0 cm³/mol. The SMILES string of the molecule is C#C[C@H]1CC[C@@H](C#N)N1C(=O)CNCc1ccccn1. The molecule has 5 heteroatoms. The van der Waals surface area contributed by atoms with E-state index in [1.807, 2.05) is 18.2 Å². The Morgan fingerprint density at radius 2 is 2.30 bits per heavy atom. The number of nitrogens with one attached hydrogen (secondary N) is 1. The van der Waals surface area contributed by atoms with Crippen molar-refractivity contribution in [2.45, 2.75) is 31.5 Å². The number of carbonyl (C=O) groups excluding carboxylic acids is 1. The van der Waals surface area contributed by atoms with Crippen LogP contribution in [0.1, 0.15) is 18.5 Å². The second-order valence-electron chi connectivity index (χ2n) is 4.63. The van der Waals surface area contributed by atoms with Crippen LogP contribution in [0.2, 0.25) is 0 Å². The molecule has 1 aromatic heterocycles. The quantitative estimate of drug-likeness (QED) is 0.816. The van der Waals surface area contributed by atoms with Crippen molar-refractivity contribution in [3.05, 3.63) is 30.1 Å². The number of terminal acetylenes is 1. The zero-order valence-electron chi connectivity index (χ0n) is 11.1. The summed E-state index contributed by atoms with van der Waals surface area (Å²) in [7, 11) is 0. The summed E-state index contributed by atoms with van der Waals surface area (Å²) in [5, 5.41) is 12.1. The third-order valence-corrected chi connectivity index (χ3v) is 3.32. The van der Waals surface area contributed by atoms with Gasteiger partial charge in [-0.15, -0.1) is 6.42 Å². The Morgan fingerprint density at radius 3 is 2.95 bits per heavy atom. The molecule has 1 aromatic rings. The molecule has 1 amide bonds. The van der Waals surface area contributed by atoms with Gasteiger partial charge in [0.05, 0.1) is 24.3 Å². The number of pyridine rings is 1. The Morgan fingerprint density at radius 1 is 1.50 bits per heavy atom. The van der Waals surface area contributed by atoms with E-state index in [-0.39, 0.29) is 18.5 Å². The van der Waals surface area contributed by atoms with Crippen LogP contribution in [-0.2, 0) is 11.3 Å². The van der Waals surface area contributed by atoms with E-state index in [1.165, 1.54) is 4.90 Å². The second-order valence-corrected chi connectivity index (χ2v) is 4.63. The minimum absolute atomic E-state index is 0.132. The first-order chi connectivity index (χ1) is 9.76. The molecule has 1 saturated heterocycles. The van der Waals surface area contributed by atoms with Crippen molar-refractivity contribution in [2.75, 3.05) is 6.54 Å². The molecule has 2 rings (SSSR count). The van der Waals surface area contributed by atoms with E-state index >= 15 is 0 Å². The van der Waals surface area contributed by atoms with E-state index in [1.54, 1.807) is 6.20 Å². The molecule has 5 nitrogen and oxygen atoms in total. The average Bonchev–Trinajstić information content (AvgIpc) is 2.91. The molecule has 1 aliphatic heterocycles.